The molecule has 0 unspecified atom stereocenters. The predicted molar refractivity (Wildman–Crippen MR) is 99.1 cm³/mol. The van der Waals surface area contributed by atoms with E-state index in [0.29, 0.717) is 49.0 Å². The Morgan fingerprint density at radius 1 is 1.22 bits per heavy atom. The quantitative estimate of drug-likeness (QED) is 0.831. The minimum atomic E-state index is -3.64. The summed E-state index contributed by atoms with van der Waals surface area (Å²) in [7, 11) is -3.64. The standard InChI is InChI=1S/C18H23N3O5S/c1-12-4-5-15(19-18(22)11-16-13(2)20-26-14(16)3)10-17(12)27(23,24)21-6-8-25-9-7-21/h4-5,10H,6-9,11H2,1-3H3,(H,19,22). The number of aryl methyl sites for hydroxylation is 3. The second kappa shape index (κ2) is 7.79. The van der Waals surface area contributed by atoms with Gasteiger partial charge in [-0.1, -0.05) is 11.2 Å². The molecule has 1 N–H and O–H groups in total. The number of carbonyl (C=O) groups is 1. The Morgan fingerprint density at radius 3 is 2.56 bits per heavy atom. The highest BCUT2D eigenvalue weighted by molar-refractivity contribution is 7.89. The zero-order valence-electron chi connectivity index (χ0n) is 15.6. The summed E-state index contributed by atoms with van der Waals surface area (Å²) in [4.78, 5) is 12.6. The number of sulfonamides is 1. The van der Waals surface area contributed by atoms with E-state index in [-0.39, 0.29) is 17.2 Å². The van der Waals surface area contributed by atoms with Gasteiger partial charge in [-0.25, -0.2) is 8.42 Å². The molecule has 8 nitrogen and oxygen atoms in total. The zero-order chi connectivity index (χ0) is 19.6. The molecule has 0 saturated carbocycles. The molecule has 0 atom stereocenters. The summed E-state index contributed by atoms with van der Waals surface area (Å²) in [6.45, 7) is 6.68. The van der Waals surface area contributed by atoms with Gasteiger partial charge in [0.15, 0.2) is 0 Å². The SMILES string of the molecule is Cc1ccc(NC(=O)Cc2c(C)noc2C)cc1S(=O)(=O)N1CCOCC1. The van der Waals surface area contributed by atoms with E-state index in [1.807, 2.05) is 0 Å². The molecule has 1 aromatic carbocycles. The molecule has 3 rings (SSSR count). The fourth-order valence-electron chi connectivity index (χ4n) is 3.00. The van der Waals surface area contributed by atoms with Crippen molar-refractivity contribution in [2.45, 2.75) is 32.1 Å². The molecule has 9 heteroatoms. The van der Waals surface area contributed by atoms with Crippen LogP contribution in [0.3, 0.4) is 0 Å². The highest BCUT2D eigenvalue weighted by Gasteiger charge is 2.28. The first-order valence-corrected chi connectivity index (χ1v) is 10.1. The van der Waals surface area contributed by atoms with E-state index in [1.165, 1.54) is 10.4 Å². The van der Waals surface area contributed by atoms with E-state index >= 15 is 0 Å². The summed E-state index contributed by atoms with van der Waals surface area (Å²) in [5.74, 6) is 0.338. The van der Waals surface area contributed by atoms with Crippen LogP contribution in [0.15, 0.2) is 27.6 Å². The maximum atomic E-state index is 12.9. The summed E-state index contributed by atoms with van der Waals surface area (Å²) < 4.78 is 37.6. The summed E-state index contributed by atoms with van der Waals surface area (Å²) >= 11 is 0. The third-order valence-corrected chi connectivity index (χ3v) is 6.62. The van der Waals surface area contributed by atoms with Crippen molar-refractivity contribution in [1.29, 1.82) is 0 Å². The van der Waals surface area contributed by atoms with Crippen molar-refractivity contribution in [2.24, 2.45) is 0 Å². The fourth-order valence-corrected chi connectivity index (χ4v) is 4.66. The lowest BCUT2D eigenvalue weighted by atomic mass is 10.1. The molecule has 1 aliphatic rings. The molecule has 1 aliphatic heterocycles. The first-order chi connectivity index (χ1) is 12.8. The number of aromatic nitrogens is 1. The molecule has 1 saturated heterocycles. The van der Waals surface area contributed by atoms with Crippen LogP contribution in [0, 0.1) is 20.8 Å². The molecular formula is C18H23N3O5S. The fraction of sp³-hybridized carbons (Fsp3) is 0.444. The Hall–Kier alpha value is -2.23. The normalized spacial score (nSPS) is 15.7. The third kappa shape index (κ3) is 4.20. The topological polar surface area (TPSA) is 102 Å². The molecule has 2 heterocycles. The average molecular weight is 393 g/mol. The van der Waals surface area contributed by atoms with Gasteiger partial charge < -0.3 is 14.6 Å². The maximum Gasteiger partial charge on any atom is 0.243 e. The van der Waals surface area contributed by atoms with Gasteiger partial charge in [-0.15, -0.1) is 0 Å². The van der Waals surface area contributed by atoms with Crippen molar-refractivity contribution in [3.63, 3.8) is 0 Å². The molecule has 0 radical (unpaired) electrons. The minimum Gasteiger partial charge on any atom is -0.379 e. The number of hydrogen-bond acceptors (Lipinski definition) is 6. The van der Waals surface area contributed by atoms with Gasteiger partial charge in [-0.2, -0.15) is 4.31 Å². The number of benzene rings is 1. The number of nitrogens with zero attached hydrogens (tertiary/aromatic N) is 2. The Bertz CT molecular complexity index is 926. The number of ether oxygens (including phenoxy) is 1. The van der Waals surface area contributed by atoms with Gasteiger partial charge in [0, 0.05) is 24.3 Å². The first-order valence-electron chi connectivity index (χ1n) is 8.69. The van der Waals surface area contributed by atoms with Crippen LogP contribution in [0.2, 0.25) is 0 Å². The van der Waals surface area contributed by atoms with Crippen molar-refractivity contribution < 1.29 is 22.5 Å². The van der Waals surface area contributed by atoms with E-state index in [1.54, 1.807) is 32.9 Å². The molecule has 0 aliphatic carbocycles. The number of morpholine rings is 1. The van der Waals surface area contributed by atoms with E-state index in [4.69, 9.17) is 9.26 Å². The second-order valence-electron chi connectivity index (χ2n) is 6.52. The van der Waals surface area contributed by atoms with Crippen LogP contribution < -0.4 is 5.32 Å². The average Bonchev–Trinajstić information content (AvgIpc) is 2.96. The van der Waals surface area contributed by atoms with Crippen LogP contribution >= 0.6 is 0 Å². The number of anilines is 1. The van der Waals surface area contributed by atoms with E-state index in [9.17, 15) is 13.2 Å². The lowest BCUT2D eigenvalue weighted by molar-refractivity contribution is -0.115. The summed E-state index contributed by atoms with van der Waals surface area (Å²) in [5.41, 5.74) is 2.47. The molecule has 1 aromatic heterocycles. The molecule has 0 bridgehead atoms. The lowest BCUT2D eigenvalue weighted by Crippen LogP contribution is -2.40. The molecule has 2 aromatic rings. The van der Waals surface area contributed by atoms with Gasteiger partial charge >= 0.3 is 0 Å². The van der Waals surface area contributed by atoms with Crippen LogP contribution in [-0.2, 0) is 26.0 Å². The van der Waals surface area contributed by atoms with Gasteiger partial charge in [-0.3, -0.25) is 4.79 Å². The van der Waals surface area contributed by atoms with Crippen molar-refractivity contribution in [2.75, 3.05) is 31.6 Å². The van der Waals surface area contributed by atoms with Crippen LogP contribution in [0.5, 0.6) is 0 Å². The largest absolute Gasteiger partial charge is 0.379 e. The minimum absolute atomic E-state index is 0.112. The van der Waals surface area contributed by atoms with Crippen LogP contribution in [0.1, 0.15) is 22.6 Å². The molecule has 146 valence electrons. The summed E-state index contributed by atoms with van der Waals surface area (Å²) in [6, 6.07) is 4.89. The highest BCUT2D eigenvalue weighted by atomic mass is 32.2. The van der Waals surface area contributed by atoms with Crippen molar-refractivity contribution in [1.82, 2.24) is 9.46 Å². The maximum absolute atomic E-state index is 12.9. The second-order valence-corrected chi connectivity index (χ2v) is 8.43. The highest BCUT2D eigenvalue weighted by Crippen LogP contribution is 2.24. The van der Waals surface area contributed by atoms with Crippen molar-refractivity contribution in [3.05, 3.63) is 40.8 Å². The molecular weight excluding hydrogens is 370 g/mol. The zero-order valence-corrected chi connectivity index (χ0v) is 16.4. The number of nitrogens with one attached hydrogen (secondary N) is 1. The van der Waals surface area contributed by atoms with E-state index in [2.05, 4.69) is 10.5 Å². The lowest BCUT2D eigenvalue weighted by Gasteiger charge is -2.26. The van der Waals surface area contributed by atoms with Gasteiger partial charge in [0.2, 0.25) is 15.9 Å². The molecule has 1 fully saturated rings. The number of hydrogen-bond donors (Lipinski definition) is 1. The van der Waals surface area contributed by atoms with Crippen molar-refractivity contribution >= 4 is 21.6 Å². The Balaban J connectivity index is 1.80. The molecule has 0 spiro atoms. The van der Waals surface area contributed by atoms with E-state index < -0.39 is 10.0 Å². The monoisotopic (exact) mass is 393 g/mol. The van der Waals surface area contributed by atoms with Gasteiger partial charge in [0.25, 0.3) is 0 Å². The number of amides is 1. The summed E-state index contributed by atoms with van der Waals surface area (Å²) in [5, 5.41) is 6.60. The molecule has 27 heavy (non-hydrogen) atoms. The van der Waals surface area contributed by atoms with Crippen molar-refractivity contribution in [3.8, 4) is 0 Å². The molecule has 1 amide bonds. The van der Waals surface area contributed by atoms with E-state index in [0.717, 1.165) is 5.56 Å². The first kappa shape index (κ1) is 19.5. The van der Waals surface area contributed by atoms with Gasteiger partial charge in [0.05, 0.1) is 30.2 Å². The van der Waals surface area contributed by atoms with Gasteiger partial charge in [0.1, 0.15) is 5.76 Å². The smallest absolute Gasteiger partial charge is 0.243 e. The third-order valence-electron chi connectivity index (χ3n) is 4.58. The Kier molecular flexibility index (Phi) is 5.64. The van der Waals surface area contributed by atoms with Crippen LogP contribution in [0.25, 0.3) is 0 Å². The van der Waals surface area contributed by atoms with Crippen LogP contribution in [-0.4, -0.2) is 50.1 Å². The number of carbonyl (C=O) groups excluding carboxylic acids is 1. The predicted octanol–water partition coefficient (Wildman–Crippen LogP) is 1.80. The Labute approximate surface area is 158 Å². The number of rotatable bonds is 5. The Morgan fingerprint density at radius 2 is 1.93 bits per heavy atom. The summed E-state index contributed by atoms with van der Waals surface area (Å²) in [6.07, 6.45) is 0.112. The van der Waals surface area contributed by atoms with Crippen LogP contribution in [0.4, 0.5) is 5.69 Å². The van der Waals surface area contributed by atoms with Gasteiger partial charge in [-0.05, 0) is 38.5 Å².